The summed E-state index contributed by atoms with van der Waals surface area (Å²) in [6.45, 7) is 3.91. The maximum absolute atomic E-state index is 9.70. The lowest BCUT2D eigenvalue weighted by atomic mass is 10.2. The highest BCUT2D eigenvalue weighted by Crippen LogP contribution is 2.33. The lowest BCUT2D eigenvalue weighted by Gasteiger charge is -2.10. The third-order valence-electron chi connectivity index (χ3n) is 2.40. The van der Waals surface area contributed by atoms with Crippen molar-refractivity contribution in [2.45, 2.75) is 13.8 Å². The van der Waals surface area contributed by atoms with E-state index in [1.807, 2.05) is 44.2 Å². The number of aryl methyl sites for hydroxylation is 2. The Morgan fingerprint density at radius 2 is 1.75 bits per heavy atom. The highest BCUT2D eigenvalue weighted by Gasteiger charge is 2.06. The van der Waals surface area contributed by atoms with Crippen molar-refractivity contribution >= 4 is 0 Å². The van der Waals surface area contributed by atoms with Crippen LogP contribution in [-0.2, 0) is 0 Å². The van der Waals surface area contributed by atoms with Crippen molar-refractivity contribution in [2.24, 2.45) is 0 Å². The van der Waals surface area contributed by atoms with E-state index in [0.717, 1.165) is 16.9 Å². The molecule has 0 aliphatic carbocycles. The average Bonchev–Trinajstić information content (AvgIpc) is 2.24. The van der Waals surface area contributed by atoms with E-state index in [9.17, 15) is 5.11 Å². The molecule has 2 rings (SSSR count). The smallest absolute Gasteiger partial charge is 0.171 e. The normalized spacial score (nSPS) is 10.1. The van der Waals surface area contributed by atoms with E-state index in [1.165, 1.54) is 0 Å². The van der Waals surface area contributed by atoms with Gasteiger partial charge in [0, 0.05) is 0 Å². The third-order valence-corrected chi connectivity index (χ3v) is 2.40. The van der Waals surface area contributed by atoms with Crippen LogP contribution in [0.5, 0.6) is 17.2 Å². The van der Waals surface area contributed by atoms with Crippen LogP contribution in [0.4, 0.5) is 0 Å². The van der Waals surface area contributed by atoms with Gasteiger partial charge in [0.05, 0.1) is 0 Å². The molecule has 82 valence electrons. The fourth-order valence-electron chi connectivity index (χ4n) is 1.57. The van der Waals surface area contributed by atoms with Gasteiger partial charge in [-0.05, 0) is 43.2 Å². The first-order chi connectivity index (χ1) is 7.66. The van der Waals surface area contributed by atoms with Gasteiger partial charge in [-0.2, -0.15) is 0 Å². The van der Waals surface area contributed by atoms with Crippen molar-refractivity contribution in [2.75, 3.05) is 0 Å². The Hall–Kier alpha value is -1.96. The molecule has 2 heteroatoms. The molecule has 0 heterocycles. The van der Waals surface area contributed by atoms with Gasteiger partial charge >= 0.3 is 0 Å². The molecule has 1 N–H and O–H groups in total. The molecular formula is C14H14O2. The number of ether oxygens (including phenoxy) is 1. The van der Waals surface area contributed by atoms with Gasteiger partial charge in [-0.3, -0.25) is 0 Å². The summed E-state index contributed by atoms with van der Waals surface area (Å²) in [5.41, 5.74) is 2.05. The van der Waals surface area contributed by atoms with Crippen molar-refractivity contribution in [1.29, 1.82) is 0 Å². The number of hydrogen-bond acceptors (Lipinski definition) is 2. The molecule has 0 fully saturated rings. The molecule has 0 atom stereocenters. The quantitative estimate of drug-likeness (QED) is 0.823. The summed E-state index contributed by atoms with van der Waals surface area (Å²) in [7, 11) is 0. The Kier molecular flexibility index (Phi) is 2.82. The largest absolute Gasteiger partial charge is 0.504 e. The Balaban J connectivity index is 2.34. The number of rotatable bonds is 2. The van der Waals surface area contributed by atoms with Crippen LogP contribution >= 0.6 is 0 Å². The van der Waals surface area contributed by atoms with E-state index in [1.54, 1.807) is 12.1 Å². The molecule has 0 aliphatic heterocycles. The highest BCUT2D eigenvalue weighted by molar-refractivity contribution is 5.47. The van der Waals surface area contributed by atoms with Gasteiger partial charge in [0.1, 0.15) is 5.75 Å². The summed E-state index contributed by atoms with van der Waals surface area (Å²) in [6.07, 6.45) is 0. The fraction of sp³-hybridized carbons (Fsp3) is 0.143. The van der Waals surface area contributed by atoms with E-state index < -0.39 is 0 Å². The summed E-state index contributed by atoms with van der Waals surface area (Å²) in [5.74, 6) is 1.43. The van der Waals surface area contributed by atoms with Crippen LogP contribution in [0.3, 0.4) is 0 Å². The van der Waals surface area contributed by atoms with Crippen molar-refractivity contribution in [3.8, 4) is 17.2 Å². The summed E-state index contributed by atoms with van der Waals surface area (Å²) >= 11 is 0. The van der Waals surface area contributed by atoms with Crippen LogP contribution in [0.1, 0.15) is 11.1 Å². The molecule has 0 spiro atoms. The highest BCUT2D eigenvalue weighted by atomic mass is 16.5. The van der Waals surface area contributed by atoms with Gasteiger partial charge in [-0.25, -0.2) is 0 Å². The number of aromatic hydroxyl groups is 1. The molecule has 2 nitrogen and oxygen atoms in total. The molecule has 2 aromatic rings. The number of phenols is 1. The Bertz CT molecular complexity index is 484. The van der Waals surface area contributed by atoms with Gasteiger partial charge in [0.15, 0.2) is 11.5 Å². The molecule has 0 unspecified atom stereocenters. The molecule has 0 saturated heterocycles. The third kappa shape index (κ3) is 2.16. The second kappa shape index (κ2) is 4.27. The lowest BCUT2D eigenvalue weighted by molar-refractivity contribution is 0.409. The van der Waals surface area contributed by atoms with Crippen LogP contribution in [-0.4, -0.2) is 5.11 Å². The number of benzene rings is 2. The minimum absolute atomic E-state index is 0.168. The molecule has 0 aromatic heterocycles. The van der Waals surface area contributed by atoms with E-state index in [4.69, 9.17) is 4.74 Å². The summed E-state index contributed by atoms with van der Waals surface area (Å²) in [6, 6.07) is 13.1. The molecule has 0 saturated carbocycles. The van der Waals surface area contributed by atoms with Crippen LogP contribution in [0.25, 0.3) is 0 Å². The van der Waals surface area contributed by atoms with Crippen LogP contribution in [0, 0.1) is 13.8 Å². The minimum Gasteiger partial charge on any atom is -0.504 e. The zero-order valence-corrected chi connectivity index (χ0v) is 9.40. The van der Waals surface area contributed by atoms with Crippen molar-refractivity contribution in [3.05, 3.63) is 53.6 Å². The lowest BCUT2D eigenvalue weighted by Crippen LogP contribution is -1.88. The van der Waals surface area contributed by atoms with Gasteiger partial charge in [-0.15, -0.1) is 0 Å². The van der Waals surface area contributed by atoms with Crippen molar-refractivity contribution < 1.29 is 9.84 Å². The predicted octanol–water partition coefficient (Wildman–Crippen LogP) is 3.80. The van der Waals surface area contributed by atoms with Crippen molar-refractivity contribution in [3.63, 3.8) is 0 Å². The van der Waals surface area contributed by atoms with Gasteiger partial charge in [0.2, 0.25) is 0 Å². The van der Waals surface area contributed by atoms with E-state index in [2.05, 4.69) is 0 Å². The first kappa shape index (κ1) is 10.6. The minimum atomic E-state index is 0.168. The molecule has 16 heavy (non-hydrogen) atoms. The first-order valence-corrected chi connectivity index (χ1v) is 5.20. The van der Waals surface area contributed by atoms with Crippen LogP contribution in [0.15, 0.2) is 42.5 Å². The molecule has 0 bridgehead atoms. The summed E-state index contributed by atoms with van der Waals surface area (Å²) in [5, 5.41) is 9.70. The Labute approximate surface area is 95.1 Å². The van der Waals surface area contributed by atoms with E-state index >= 15 is 0 Å². The zero-order valence-electron chi connectivity index (χ0n) is 9.40. The number of hydrogen-bond donors (Lipinski definition) is 1. The fourth-order valence-corrected chi connectivity index (χ4v) is 1.57. The predicted molar refractivity (Wildman–Crippen MR) is 64.1 cm³/mol. The second-order valence-corrected chi connectivity index (χ2v) is 3.84. The number of para-hydroxylation sites is 1. The molecule has 2 aromatic carbocycles. The van der Waals surface area contributed by atoms with Gasteiger partial charge in [0.25, 0.3) is 0 Å². The first-order valence-electron chi connectivity index (χ1n) is 5.20. The maximum Gasteiger partial charge on any atom is 0.171 e. The van der Waals surface area contributed by atoms with Gasteiger partial charge < -0.3 is 9.84 Å². The molecule has 0 amide bonds. The topological polar surface area (TPSA) is 29.5 Å². The molecular weight excluding hydrogens is 200 g/mol. The summed E-state index contributed by atoms with van der Waals surface area (Å²) < 4.78 is 5.67. The molecule has 0 aliphatic rings. The van der Waals surface area contributed by atoms with E-state index in [-0.39, 0.29) is 5.75 Å². The standard InChI is InChI=1S/C14H14O2/c1-10-5-3-7-12(9-10)16-14-11(2)6-4-8-13(14)15/h3-9,15H,1-2H3. The maximum atomic E-state index is 9.70. The number of phenolic OH excluding ortho intramolecular Hbond substituents is 1. The zero-order chi connectivity index (χ0) is 11.5. The second-order valence-electron chi connectivity index (χ2n) is 3.84. The molecule has 0 radical (unpaired) electrons. The van der Waals surface area contributed by atoms with Gasteiger partial charge in [-0.1, -0.05) is 24.3 Å². The SMILES string of the molecule is Cc1cccc(Oc2c(C)cccc2O)c1. The van der Waals surface area contributed by atoms with Crippen molar-refractivity contribution in [1.82, 2.24) is 0 Å². The van der Waals surface area contributed by atoms with E-state index in [0.29, 0.717) is 5.75 Å². The average molecular weight is 214 g/mol. The summed E-state index contributed by atoms with van der Waals surface area (Å²) in [4.78, 5) is 0. The van der Waals surface area contributed by atoms with Crippen LogP contribution in [0.2, 0.25) is 0 Å². The Morgan fingerprint density at radius 3 is 2.44 bits per heavy atom. The Morgan fingerprint density at radius 1 is 1.00 bits per heavy atom. The monoisotopic (exact) mass is 214 g/mol. The van der Waals surface area contributed by atoms with Crippen LogP contribution < -0.4 is 4.74 Å².